The van der Waals surface area contributed by atoms with E-state index in [9.17, 15) is 9.18 Å². The number of hydrogen-bond donors (Lipinski definition) is 1. The lowest BCUT2D eigenvalue weighted by Crippen LogP contribution is -2.23. The molecule has 0 saturated heterocycles. The summed E-state index contributed by atoms with van der Waals surface area (Å²) >= 11 is 1.39. The number of rotatable bonds is 4. The number of carbonyl (C=O) groups is 1. The highest BCUT2D eigenvalue weighted by molar-refractivity contribution is 8.00. The fraction of sp³-hybridized carbons (Fsp3) is 0.333. The van der Waals surface area contributed by atoms with Crippen molar-refractivity contribution in [3.8, 4) is 0 Å². The minimum absolute atomic E-state index is 0.0940. The average Bonchev–Trinajstić information content (AvgIpc) is 2.68. The molecule has 0 aliphatic rings. The third kappa shape index (κ3) is 3.64. The lowest BCUT2D eigenvalue weighted by molar-refractivity contribution is -0.115. The summed E-state index contributed by atoms with van der Waals surface area (Å²) in [5, 5.41) is 6.90. The van der Waals surface area contributed by atoms with Gasteiger partial charge in [0.1, 0.15) is 5.82 Å². The molecule has 2 rings (SSSR count). The van der Waals surface area contributed by atoms with E-state index in [1.54, 1.807) is 16.8 Å². The summed E-state index contributed by atoms with van der Waals surface area (Å²) < 4.78 is 14.6. The number of aryl methyl sites for hydroxylation is 2. The monoisotopic (exact) mass is 307 g/mol. The summed E-state index contributed by atoms with van der Waals surface area (Å²) in [5.74, 6) is -0.374. The number of aromatic nitrogens is 2. The van der Waals surface area contributed by atoms with Crippen LogP contribution in [-0.2, 0) is 11.8 Å². The highest BCUT2D eigenvalue weighted by Crippen LogP contribution is 2.25. The van der Waals surface area contributed by atoms with Crippen LogP contribution in [0.25, 0.3) is 0 Å². The predicted octanol–water partition coefficient (Wildman–Crippen LogP) is 3.30. The van der Waals surface area contributed by atoms with E-state index in [-0.39, 0.29) is 17.0 Å². The maximum Gasteiger partial charge on any atom is 0.237 e. The normalized spacial score (nSPS) is 12.2. The molecule has 2 aromatic rings. The van der Waals surface area contributed by atoms with Crippen molar-refractivity contribution in [3.05, 3.63) is 41.5 Å². The summed E-state index contributed by atoms with van der Waals surface area (Å²) in [4.78, 5) is 13.1. The van der Waals surface area contributed by atoms with Gasteiger partial charge in [-0.15, -0.1) is 11.8 Å². The van der Waals surface area contributed by atoms with Gasteiger partial charge < -0.3 is 5.32 Å². The van der Waals surface area contributed by atoms with Crippen LogP contribution in [0.3, 0.4) is 0 Å². The van der Waals surface area contributed by atoms with Gasteiger partial charge in [-0.25, -0.2) is 4.39 Å². The van der Waals surface area contributed by atoms with Crippen LogP contribution in [0.4, 0.5) is 10.1 Å². The van der Waals surface area contributed by atoms with Gasteiger partial charge >= 0.3 is 0 Å². The zero-order valence-corrected chi connectivity index (χ0v) is 13.3. The Morgan fingerprint density at radius 2 is 1.95 bits per heavy atom. The molecular formula is C15H18FN3OS. The number of halogens is 1. The fourth-order valence-electron chi connectivity index (χ4n) is 1.95. The lowest BCUT2D eigenvalue weighted by Gasteiger charge is -2.12. The van der Waals surface area contributed by atoms with E-state index in [4.69, 9.17) is 0 Å². The number of nitrogens with zero attached hydrogens (tertiary/aromatic N) is 2. The van der Waals surface area contributed by atoms with Crippen molar-refractivity contribution in [2.75, 3.05) is 5.32 Å². The molecule has 1 aromatic carbocycles. The number of benzene rings is 1. The molecule has 0 fully saturated rings. The second-order valence-electron chi connectivity index (χ2n) is 4.87. The van der Waals surface area contributed by atoms with Crippen LogP contribution >= 0.6 is 11.8 Å². The molecule has 1 atom stereocenters. The van der Waals surface area contributed by atoms with E-state index < -0.39 is 0 Å². The van der Waals surface area contributed by atoms with Gasteiger partial charge in [-0.3, -0.25) is 9.48 Å². The maximum absolute atomic E-state index is 12.9. The molecule has 1 aromatic heterocycles. The molecule has 0 aliphatic heterocycles. The van der Waals surface area contributed by atoms with Crippen LogP contribution in [0, 0.1) is 19.7 Å². The van der Waals surface area contributed by atoms with Crippen molar-refractivity contribution in [2.45, 2.75) is 30.9 Å². The van der Waals surface area contributed by atoms with Crippen molar-refractivity contribution in [2.24, 2.45) is 7.05 Å². The Morgan fingerprint density at radius 1 is 1.33 bits per heavy atom. The van der Waals surface area contributed by atoms with E-state index in [1.165, 1.54) is 23.9 Å². The summed E-state index contributed by atoms with van der Waals surface area (Å²) in [6.45, 7) is 5.60. The second-order valence-corrected chi connectivity index (χ2v) is 6.29. The van der Waals surface area contributed by atoms with Gasteiger partial charge in [0.15, 0.2) is 0 Å². The Hall–Kier alpha value is -1.82. The maximum atomic E-state index is 12.9. The standard InChI is InChI=1S/C15H18FN3OS/c1-9-14(10(2)19(4)18-9)17-15(20)11(3)21-13-7-5-12(16)6-8-13/h5-8,11H,1-4H3,(H,17,20)/t11-/m1/s1. The fourth-order valence-corrected chi connectivity index (χ4v) is 2.82. The first kappa shape index (κ1) is 15.6. The van der Waals surface area contributed by atoms with Crippen molar-refractivity contribution in [1.29, 1.82) is 0 Å². The molecule has 0 radical (unpaired) electrons. The van der Waals surface area contributed by atoms with Crippen LogP contribution in [0.15, 0.2) is 29.2 Å². The molecule has 0 unspecified atom stereocenters. The SMILES string of the molecule is Cc1nn(C)c(C)c1NC(=O)[C@@H](C)Sc1ccc(F)cc1. The van der Waals surface area contributed by atoms with Gasteiger partial charge in [0, 0.05) is 11.9 Å². The average molecular weight is 307 g/mol. The van der Waals surface area contributed by atoms with E-state index in [2.05, 4.69) is 10.4 Å². The Kier molecular flexibility index (Phi) is 4.67. The Bertz CT molecular complexity index is 652. The molecule has 0 saturated carbocycles. The van der Waals surface area contributed by atoms with Crippen molar-refractivity contribution < 1.29 is 9.18 Å². The summed E-state index contributed by atoms with van der Waals surface area (Å²) in [7, 11) is 1.84. The predicted molar refractivity (Wildman–Crippen MR) is 83.0 cm³/mol. The third-order valence-corrected chi connectivity index (χ3v) is 4.36. The molecular weight excluding hydrogens is 289 g/mol. The smallest absolute Gasteiger partial charge is 0.237 e. The lowest BCUT2D eigenvalue weighted by atomic mass is 10.3. The molecule has 1 heterocycles. The number of nitrogens with one attached hydrogen (secondary N) is 1. The second kappa shape index (κ2) is 6.30. The first-order valence-electron chi connectivity index (χ1n) is 6.61. The van der Waals surface area contributed by atoms with E-state index >= 15 is 0 Å². The summed E-state index contributed by atoms with van der Waals surface area (Å²) in [6.07, 6.45) is 0. The van der Waals surface area contributed by atoms with E-state index in [1.807, 2.05) is 27.8 Å². The van der Waals surface area contributed by atoms with Crippen molar-refractivity contribution in [3.63, 3.8) is 0 Å². The largest absolute Gasteiger partial charge is 0.322 e. The highest BCUT2D eigenvalue weighted by Gasteiger charge is 2.18. The number of carbonyl (C=O) groups excluding carboxylic acids is 1. The number of thioether (sulfide) groups is 1. The number of hydrogen-bond acceptors (Lipinski definition) is 3. The summed E-state index contributed by atoms with van der Waals surface area (Å²) in [5.41, 5.74) is 2.47. The topological polar surface area (TPSA) is 46.9 Å². The van der Waals surface area contributed by atoms with Gasteiger partial charge in [-0.1, -0.05) is 0 Å². The minimum atomic E-state index is -0.283. The molecule has 6 heteroatoms. The van der Waals surface area contributed by atoms with Crippen LogP contribution in [0.1, 0.15) is 18.3 Å². The molecule has 0 bridgehead atoms. The quantitative estimate of drug-likeness (QED) is 0.882. The zero-order chi connectivity index (χ0) is 15.6. The van der Waals surface area contributed by atoms with Crippen LogP contribution < -0.4 is 5.32 Å². The third-order valence-electron chi connectivity index (χ3n) is 3.25. The van der Waals surface area contributed by atoms with E-state index in [0.29, 0.717) is 0 Å². The Morgan fingerprint density at radius 3 is 2.48 bits per heavy atom. The molecule has 1 N–H and O–H groups in total. The van der Waals surface area contributed by atoms with Crippen molar-refractivity contribution in [1.82, 2.24) is 9.78 Å². The Balaban J connectivity index is 2.04. The molecule has 4 nitrogen and oxygen atoms in total. The molecule has 112 valence electrons. The van der Waals surface area contributed by atoms with Crippen LogP contribution in [-0.4, -0.2) is 20.9 Å². The number of anilines is 1. The zero-order valence-electron chi connectivity index (χ0n) is 12.5. The van der Waals surface area contributed by atoms with E-state index in [0.717, 1.165) is 22.0 Å². The summed E-state index contributed by atoms with van der Waals surface area (Å²) in [6, 6.07) is 6.12. The molecule has 21 heavy (non-hydrogen) atoms. The van der Waals surface area contributed by atoms with Crippen LogP contribution in [0.5, 0.6) is 0 Å². The van der Waals surface area contributed by atoms with Crippen molar-refractivity contribution >= 4 is 23.4 Å². The molecule has 0 aliphatic carbocycles. The number of amides is 1. The Labute approximate surface area is 127 Å². The van der Waals surface area contributed by atoms with Crippen LogP contribution in [0.2, 0.25) is 0 Å². The highest BCUT2D eigenvalue weighted by atomic mass is 32.2. The van der Waals surface area contributed by atoms with Gasteiger partial charge in [0.05, 0.1) is 22.3 Å². The van der Waals surface area contributed by atoms with Gasteiger partial charge in [-0.2, -0.15) is 5.10 Å². The van der Waals surface area contributed by atoms with Gasteiger partial charge in [0.2, 0.25) is 5.91 Å². The first-order valence-corrected chi connectivity index (χ1v) is 7.49. The van der Waals surface area contributed by atoms with Gasteiger partial charge in [-0.05, 0) is 45.0 Å². The van der Waals surface area contributed by atoms with Gasteiger partial charge in [0.25, 0.3) is 0 Å². The molecule has 1 amide bonds. The first-order chi connectivity index (χ1) is 9.88. The molecule has 0 spiro atoms. The minimum Gasteiger partial charge on any atom is -0.322 e.